The van der Waals surface area contributed by atoms with E-state index in [0.29, 0.717) is 19.9 Å². The van der Waals surface area contributed by atoms with Crippen LogP contribution in [-0.2, 0) is 9.53 Å². The van der Waals surface area contributed by atoms with Crippen LogP contribution in [0, 0.1) is 0 Å². The van der Waals surface area contributed by atoms with Gasteiger partial charge in [0.05, 0.1) is 13.7 Å². The van der Waals surface area contributed by atoms with Gasteiger partial charge in [-0.25, -0.2) is 0 Å². The third-order valence-electron chi connectivity index (χ3n) is 2.58. The molecule has 1 amide bonds. The zero-order valence-electron chi connectivity index (χ0n) is 9.76. The van der Waals surface area contributed by atoms with Gasteiger partial charge in [0.2, 0.25) is 5.91 Å². The van der Waals surface area contributed by atoms with E-state index < -0.39 is 0 Å². The van der Waals surface area contributed by atoms with E-state index in [1.165, 1.54) is 0 Å². The largest absolute Gasteiger partial charge is 0.497 e. The van der Waals surface area contributed by atoms with E-state index in [-0.39, 0.29) is 5.91 Å². The van der Waals surface area contributed by atoms with Crippen molar-refractivity contribution in [3.63, 3.8) is 0 Å². The van der Waals surface area contributed by atoms with E-state index in [2.05, 4.69) is 0 Å². The molecule has 1 saturated heterocycles. The summed E-state index contributed by atoms with van der Waals surface area (Å²) in [5.41, 5.74) is 0.942. The fourth-order valence-electron chi connectivity index (χ4n) is 1.61. The fourth-order valence-corrected chi connectivity index (χ4v) is 1.61. The molecule has 17 heavy (non-hydrogen) atoms. The van der Waals surface area contributed by atoms with Crippen molar-refractivity contribution in [2.75, 3.05) is 27.0 Å². The first-order valence-electron chi connectivity index (χ1n) is 5.48. The maximum absolute atomic E-state index is 11.7. The minimum Gasteiger partial charge on any atom is -0.497 e. The van der Waals surface area contributed by atoms with Crippen LogP contribution in [0.25, 0.3) is 6.08 Å². The predicted molar refractivity (Wildman–Crippen MR) is 64.6 cm³/mol. The van der Waals surface area contributed by atoms with Crippen LogP contribution in [0.4, 0.5) is 0 Å². The van der Waals surface area contributed by atoms with Gasteiger partial charge < -0.3 is 14.4 Å². The maximum atomic E-state index is 11.7. The molecule has 0 aromatic heterocycles. The van der Waals surface area contributed by atoms with Gasteiger partial charge in [-0.1, -0.05) is 12.1 Å². The van der Waals surface area contributed by atoms with E-state index >= 15 is 0 Å². The molecule has 1 heterocycles. The maximum Gasteiger partial charge on any atom is 0.248 e. The van der Waals surface area contributed by atoms with Crippen molar-refractivity contribution in [3.8, 4) is 5.75 Å². The van der Waals surface area contributed by atoms with Crippen LogP contribution in [0.3, 0.4) is 0 Å². The minimum absolute atomic E-state index is 0.0229. The molecule has 0 spiro atoms. The SMILES string of the molecule is COc1cccc(/C=C/C(=O)N2CCOC2)c1. The first-order chi connectivity index (χ1) is 8.29. The van der Waals surface area contributed by atoms with Gasteiger partial charge in [-0.05, 0) is 23.8 Å². The lowest BCUT2D eigenvalue weighted by Crippen LogP contribution is -2.26. The molecular formula is C13H15NO3. The smallest absolute Gasteiger partial charge is 0.248 e. The topological polar surface area (TPSA) is 38.8 Å². The molecule has 0 aliphatic carbocycles. The quantitative estimate of drug-likeness (QED) is 0.743. The lowest BCUT2D eigenvalue weighted by atomic mass is 10.2. The van der Waals surface area contributed by atoms with Gasteiger partial charge in [0.15, 0.2) is 0 Å². The van der Waals surface area contributed by atoms with E-state index in [1.807, 2.05) is 24.3 Å². The second kappa shape index (κ2) is 5.50. The summed E-state index contributed by atoms with van der Waals surface area (Å²) in [5, 5.41) is 0. The lowest BCUT2D eigenvalue weighted by molar-refractivity contribution is -0.126. The highest BCUT2D eigenvalue weighted by atomic mass is 16.5. The van der Waals surface area contributed by atoms with Gasteiger partial charge in [0.25, 0.3) is 0 Å². The zero-order valence-corrected chi connectivity index (χ0v) is 9.76. The highest BCUT2D eigenvalue weighted by Crippen LogP contribution is 2.13. The molecular weight excluding hydrogens is 218 g/mol. The highest BCUT2D eigenvalue weighted by Gasteiger charge is 2.15. The molecule has 4 nitrogen and oxygen atoms in total. The first-order valence-corrected chi connectivity index (χ1v) is 5.48. The van der Waals surface area contributed by atoms with Crippen LogP contribution >= 0.6 is 0 Å². The van der Waals surface area contributed by atoms with E-state index in [1.54, 1.807) is 24.2 Å². The van der Waals surface area contributed by atoms with E-state index in [0.717, 1.165) is 11.3 Å². The highest BCUT2D eigenvalue weighted by molar-refractivity contribution is 5.91. The van der Waals surface area contributed by atoms with Crippen molar-refractivity contribution >= 4 is 12.0 Å². The van der Waals surface area contributed by atoms with Crippen molar-refractivity contribution in [2.45, 2.75) is 0 Å². The van der Waals surface area contributed by atoms with Gasteiger partial charge in [0.1, 0.15) is 12.5 Å². The molecule has 0 bridgehead atoms. The monoisotopic (exact) mass is 233 g/mol. The Morgan fingerprint density at radius 3 is 3.12 bits per heavy atom. The van der Waals surface area contributed by atoms with Crippen LogP contribution in [-0.4, -0.2) is 37.8 Å². The summed E-state index contributed by atoms with van der Waals surface area (Å²) in [6.07, 6.45) is 3.34. The number of benzene rings is 1. The van der Waals surface area contributed by atoms with Crippen LogP contribution in [0.15, 0.2) is 30.3 Å². The number of hydrogen-bond donors (Lipinski definition) is 0. The summed E-state index contributed by atoms with van der Waals surface area (Å²) in [6.45, 7) is 1.68. The van der Waals surface area contributed by atoms with Crippen molar-refractivity contribution in [1.29, 1.82) is 0 Å². The Morgan fingerprint density at radius 2 is 2.41 bits per heavy atom. The second-order valence-electron chi connectivity index (χ2n) is 3.75. The van der Waals surface area contributed by atoms with Gasteiger partial charge in [-0.15, -0.1) is 0 Å². The first kappa shape index (κ1) is 11.7. The summed E-state index contributed by atoms with van der Waals surface area (Å²) >= 11 is 0. The molecule has 1 aromatic carbocycles. The number of methoxy groups -OCH3 is 1. The van der Waals surface area contributed by atoms with Gasteiger partial charge in [-0.3, -0.25) is 4.79 Å². The van der Waals surface area contributed by atoms with Gasteiger partial charge >= 0.3 is 0 Å². The average molecular weight is 233 g/mol. The molecule has 4 heteroatoms. The number of ether oxygens (including phenoxy) is 2. The molecule has 1 aliphatic heterocycles. The summed E-state index contributed by atoms with van der Waals surface area (Å²) in [5.74, 6) is 0.759. The summed E-state index contributed by atoms with van der Waals surface area (Å²) in [7, 11) is 1.62. The molecule has 0 atom stereocenters. The molecule has 1 fully saturated rings. The Labute approximate surface area is 100 Å². The lowest BCUT2D eigenvalue weighted by Gasteiger charge is -2.09. The summed E-state index contributed by atoms with van der Waals surface area (Å²) < 4.78 is 10.2. The van der Waals surface area contributed by atoms with Crippen molar-refractivity contribution < 1.29 is 14.3 Å². The van der Waals surface area contributed by atoms with Gasteiger partial charge in [-0.2, -0.15) is 0 Å². The third-order valence-corrected chi connectivity index (χ3v) is 2.58. The number of rotatable bonds is 3. The Kier molecular flexibility index (Phi) is 3.77. The van der Waals surface area contributed by atoms with Crippen LogP contribution < -0.4 is 4.74 Å². The molecule has 0 unspecified atom stereocenters. The molecule has 1 aromatic rings. The zero-order chi connectivity index (χ0) is 12.1. The predicted octanol–water partition coefficient (Wildman–Crippen LogP) is 1.52. The fraction of sp³-hybridized carbons (Fsp3) is 0.308. The van der Waals surface area contributed by atoms with Crippen LogP contribution in [0.1, 0.15) is 5.56 Å². The average Bonchev–Trinajstić information content (AvgIpc) is 2.90. The molecule has 0 saturated carbocycles. The van der Waals surface area contributed by atoms with Crippen molar-refractivity contribution in [1.82, 2.24) is 4.90 Å². The minimum atomic E-state index is -0.0229. The van der Waals surface area contributed by atoms with Crippen LogP contribution in [0.2, 0.25) is 0 Å². The van der Waals surface area contributed by atoms with Gasteiger partial charge in [0, 0.05) is 12.6 Å². The summed E-state index contributed by atoms with van der Waals surface area (Å²) in [4.78, 5) is 13.4. The van der Waals surface area contributed by atoms with Crippen LogP contribution in [0.5, 0.6) is 5.75 Å². The summed E-state index contributed by atoms with van der Waals surface area (Å²) in [6, 6.07) is 7.56. The Morgan fingerprint density at radius 1 is 1.53 bits per heavy atom. The number of carbonyl (C=O) groups excluding carboxylic acids is 1. The number of carbonyl (C=O) groups is 1. The number of hydrogen-bond acceptors (Lipinski definition) is 3. The Balaban J connectivity index is 2.01. The number of amides is 1. The number of nitrogens with zero attached hydrogens (tertiary/aromatic N) is 1. The third kappa shape index (κ3) is 3.07. The van der Waals surface area contributed by atoms with E-state index in [4.69, 9.17) is 9.47 Å². The second-order valence-corrected chi connectivity index (χ2v) is 3.75. The standard InChI is InChI=1S/C13H15NO3/c1-16-12-4-2-3-11(9-12)5-6-13(15)14-7-8-17-10-14/h2-6,9H,7-8,10H2,1H3/b6-5+. The van der Waals surface area contributed by atoms with Crippen molar-refractivity contribution in [2.24, 2.45) is 0 Å². The molecule has 1 aliphatic rings. The Bertz CT molecular complexity index is 422. The van der Waals surface area contributed by atoms with Crippen molar-refractivity contribution in [3.05, 3.63) is 35.9 Å². The molecule has 2 rings (SSSR count). The van der Waals surface area contributed by atoms with E-state index in [9.17, 15) is 4.79 Å². The normalized spacial score (nSPS) is 15.5. The molecule has 90 valence electrons. The molecule has 0 radical (unpaired) electrons. The molecule has 0 N–H and O–H groups in total. The Hall–Kier alpha value is -1.81.